The summed E-state index contributed by atoms with van der Waals surface area (Å²) in [6.07, 6.45) is 2.37. The third-order valence-electron chi connectivity index (χ3n) is 3.58. The van der Waals surface area contributed by atoms with Crippen LogP contribution in [0, 0.1) is 0 Å². The van der Waals surface area contributed by atoms with Gasteiger partial charge < -0.3 is 10.0 Å². The van der Waals surface area contributed by atoms with E-state index in [2.05, 4.69) is 24.1 Å². The second-order valence-corrected chi connectivity index (χ2v) is 5.67. The van der Waals surface area contributed by atoms with Crippen molar-refractivity contribution in [1.82, 2.24) is 10.2 Å². The van der Waals surface area contributed by atoms with Gasteiger partial charge in [-0.3, -0.25) is 10.1 Å². The number of likely N-dealkylation sites (tertiary alicyclic amines) is 1. The van der Waals surface area contributed by atoms with Crippen LogP contribution in [0.15, 0.2) is 0 Å². The Balaban J connectivity index is 2.76. The summed E-state index contributed by atoms with van der Waals surface area (Å²) < 4.78 is 0. The lowest BCUT2D eigenvalue weighted by Crippen LogP contribution is -2.55. The van der Waals surface area contributed by atoms with E-state index in [1.165, 1.54) is 0 Å². The maximum Gasteiger partial charge on any atom is 0.323 e. The maximum atomic E-state index is 11.6. The minimum atomic E-state index is -0.724. The molecule has 1 saturated heterocycles. The van der Waals surface area contributed by atoms with Crippen LogP contribution in [0.3, 0.4) is 0 Å². The van der Waals surface area contributed by atoms with Crippen molar-refractivity contribution >= 4 is 5.97 Å². The molecule has 4 nitrogen and oxygen atoms in total. The zero-order valence-corrected chi connectivity index (χ0v) is 11.5. The monoisotopic (exact) mass is 242 g/mol. The molecule has 100 valence electrons. The standard InChI is InChI=1S/C13H26N2O2/c1-10(2)14-13(12(16)17)6-5-8-15(9-7-13)11(3)4/h10-11,14H,5-9H2,1-4H3,(H,16,17). The van der Waals surface area contributed by atoms with Crippen LogP contribution < -0.4 is 5.32 Å². The number of rotatable bonds is 4. The fraction of sp³-hybridized carbons (Fsp3) is 0.923. The number of hydrogen-bond acceptors (Lipinski definition) is 3. The van der Waals surface area contributed by atoms with Crippen molar-refractivity contribution < 1.29 is 9.90 Å². The molecule has 0 radical (unpaired) electrons. The largest absolute Gasteiger partial charge is 0.480 e. The minimum Gasteiger partial charge on any atom is -0.480 e. The molecule has 2 N–H and O–H groups in total. The molecule has 1 atom stereocenters. The van der Waals surface area contributed by atoms with Crippen LogP contribution in [0.25, 0.3) is 0 Å². The predicted molar refractivity (Wildman–Crippen MR) is 69.2 cm³/mol. The summed E-state index contributed by atoms with van der Waals surface area (Å²) in [6, 6.07) is 0.704. The van der Waals surface area contributed by atoms with Gasteiger partial charge in [-0.1, -0.05) is 0 Å². The molecule has 0 amide bonds. The van der Waals surface area contributed by atoms with Crippen molar-refractivity contribution in [3.05, 3.63) is 0 Å². The second-order valence-electron chi connectivity index (χ2n) is 5.67. The zero-order chi connectivity index (χ0) is 13.1. The lowest BCUT2D eigenvalue weighted by atomic mass is 9.90. The van der Waals surface area contributed by atoms with Gasteiger partial charge in [-0.15, -0.1) is 0 Å². The third kappa shape index (κ3) is 3.68. The van der Waals surface area contributed by atoms with E-state index in [1.54, 1.807) is 0 Å². The molecule has 1 heterocycles. The normalized spacial score (nSPS) is 27.4. The first-order chi connectivity index (χ1) is 7.87. The Morgan fingerprint density at radius 2 is 1.88 bits per heavy atom. The van der Waals surface area contributed by atoms with Crippen molar-refractivity contribution in [3.63, 3.8) is 0 Å². The first-order valence-corrected chi connectivity index (χ1v) is 6.62. The van der Waals surface area contributed by atoms with Crippen LogP contribution in [0.4, 0.5) is 0 Å². The molecule has 1 aliphatic rings. The Morgan fingerprint density at radius 3 is 2.35 bits per heavy atom. The summed E-state index contributed by atoms with van der Waals surface area (Å²) >= 11 is 0. The Kier molecular flexibility index (Phi) is 4.95. The molecule has 0 aliphatic carbocycles. The number of carboxylic acids is 1. The molecule has 17 heavy (non-hydrogen) atoms. The third-order valence-corrected chi connectivity index (χ3v) is 3.58. The topological polar surface area (TPSA) is 52.6 Å². The molecule has 1 unspecified atom stereocenters. The van der Waals surface area contributed by atoms with E-state index in [-0.39, 0.29) is 6.04 Å². The van der Waals surface area contributed by atoms with Crippen LogP contribution in [-0.2, 0) is 4.79 Å². The highest BCUT2D eigenvalue weighted by Gasteiger charge is 2.40. The highest BCUT2D eigenvalue weighted by Crippen LogP contribution is 2.24. The first-order valence-electron chi connectivity index (χ1n) is 6.62. The van der Waals surface area contributed by atoms with E-state index in [1.807, 2.05) is 13.8 Å². The summed E-state index contributed by atoms with van der Waals surface area (Å²) in [5, 5.41) is 12.8. The van der Waals surface area contributed by atoms with Crippen molar-refractivity contribution in [1.29, 1.82) is 0 Å². The van der Waals surface area contributed by atoms with E-state index in [4.69, 9.17) is 0 Å². The molecular formula is C13H26N2O2. The van der Waals surface area contributed by atoms with E-state index in [9.17, 15) is 9.90 Å². The molecule has 4 heteroatoms. The molecule has 1 fully saturated rings. The Bertz CT molecular complexity index is 266. The van der Waals surface area contributed by atoms with Crippen molar-refractivity contribution in [3.8, 4) is 0 Å². The first kappa shape index (κ1) is 14.5. The molecule has 0 bridgehead atoms. The van der Waals surface area contributed by atoms with Gasteiger partial charge in [0.1, 0.15) is 5.54 Å². The molecule has 1 rings (SSSR count). The maximum absolute atomic E-state index is 11.6. The van der Waals surface area contributed by atoms with Crippen LogP contribution in [0.1, 0.15) is 47.0 Å². The number of aliphatic carboxylic acids is 1. The van der Waals surface area contributed by atoms with E-state index >= 15 is 0 Å². The lowest BCUT2D eigenvalue weighted by molar-refractivity contribution is -0.145. The highest BCUT2D eigenvalue weighted by molar-refractivity contribution is 5.78. The van der Waals surface area contributed by atoms with Gasteiger partial charge in [0.05, 0.1) is 0 Å². The summed E-state index contributed by atoms with van der Waals surface area (Å²) in [7, 11) is 0. The number of nitrogens with zero attached hydrogens (tertiary/aromatic N) is 1. The highest BCUT2D eigenvalue weighted by atomic mass is 16.4. The van der Waals surface area contributed by atoms with Gasteiger partial charge >= 0.3 is 5.97 Å². The van der Waals surface area contributed by atoms with E-state index in [0.717, 1.165) is 25.9 Å². The van der Waals surface area contributed by atoms with Gasteiger partial charge in [-0.25, -0.2) is 0 Å². The van der Waals surface area contributed by atoms with Gasteiger partial charge in [0.15, 0.2) is 0 Å². The number of nitrogens with one attached hydrogen (secondary N) is 1. The average Bonchev–Trinajstić information content (AvgIpc) is 2.40. The van der Waals surface area contributed by atoms with E-state index in [0.29, 0.717) is 12.5 Å². The van der Waals surface area contributed by atoms with E-state index < -0.39 is 11.5 Å². The summed E-state index contributed by atoms with van der Waals surface area (Å²) in [5.74, 6) is -0.697. The summed E-state index contributed by atoms with van der Waals surface area (Å²) in [5.41, 5.74) is -0.724. The number of carbonyl (C=O) groups is 1. The smallest absolute Gasteiger partial charge is 0.323 e. The van der Waals surface area contributed by atoms with Crippen molar-refractivity contribution in [2.24, 2.45) is 0 Å². The lowest BCUT2D eigenvalue weighted by Gasteiger charge is -2.32. The molecular weight excluding hydrogens is 216 g/mol. The van der Waals surface area contributed by atoms with Crippen LogP contribution >= 0.6 is 0 Å². The van der Waals surface area contributed by atoms with Crippen LogP contribution in [-0.4, -0.2) is 46.7 Å². The van der Waals surface area contributed by atoms with Crippen LogP contribution in [0.2, 0.25) is 0 Å². The van der Waals surface area contributed by atoms with Gasteiger partial charge in [-0.2, -0.15) is 0 Å². The Hall–Kier alpha value is -0.610. The molecule has 0 aromatic carbocycles. The quantitative estimate of drug-likeness (QED) is 0.788. The predicted octanol–water partition coefficient (Wildman–Crippen LogP) is 1.70. The summed E-state index contributed by atoms with van der Waals surface area (Å²) in [4.78, 5) is 13.9. The minimum absolute atomic E-state index is 0.205. The second kappa shape index (κ2) is 5.83. The van der Waals surface area contributed by atoms with Crippen LogP contribution in [0.5, 0.6) is 0 Å². The average molecular weight is 242 g/mol. The van der Waals surface area contributed by atoms with Gasteiger partial charge in [0.2, 0.25) is 0 Å². The Morgan fingerprint density at radius 1 is 1.24 bits per heavy atom. The number of carboxylic acid groups (broad SMARTS) is 1. The Labute approximate surface area is 104 Å². The summed E-state index contributed by atoms with van der Waals surface area (Å²) in [6.45, 7) is 10.2. The fourth-order valence-corrected chi connectivity index (χ4v) is 2.64. The van der Waals surface area contributed by atoms with Gasteiger partial charge in [0, 0.05) is 18.6 Å². The molecule has 1 aliphatic heterocycles. The molecule has 0 spiro atoms. The molecule has 0 aromatic heterocycles. The SMILES string of the molecule is CC(C)NC1(C(=O)O)CCCN(C(C)C)CC1. The van der Waals surface area contributed by atoms with Gasteiger partial charge in [0.25, 0.3) is 0 Å². The van der Waals surface area contributed by atoms with Crippen molar-refractivity contribution in [2.45, 2.75) is 64.6 Å². The molecule has 0 saturated carbocycles. The van der Waals surface area contributed by atoms with Crippen molar-refractivity contribution in [2.75, 3.05) is 13.1 Å². The zero-order valence-electron chi connectivity index (χ0n) is 11.5. The molecule has 0 aromatic rings. The van der Waals surface area contributed by atoms with Gasteiger partial charge in [-0.05, 0) is 53.5 Å². The number of hydrogen-bond donors (Lipinski definition) is 2. The fourth-order valence-electron chi connectivity index (χ4n) is 2.64.